The average molecular weight is 553 g/mol. The molecule has 1 aliphatic rings. The van der Waals surface area contributed by atoms with Crippen LogP contribution in [0.5, 0.6) is 11.5 Å². The Morgan fingerprint density at radius 3 is 1.26 bits per heavy atom. The summed E-state index contributed by atoms with van der Waals surface area (Å²) in [7, 11) is 0. The summed E-state index contributed by atoms with van der Waals surface area (Å²) < 4.78 is 4.11. The number of aromatic nitrogens is 4. The Hall–Kier alpha value is -5.10. The number of nitrogens with zero attached hydrogens (tertiary/aromatic N) is 4. The van der Waals surface area contributed by atoms with Crippen molar-refractivity contribution >= 4 is 0 Å². The maximum absolute atomic E-state index is 11.9. The quantitative estimate of drug-likeness (QED) is 0.230. The summed E-state index contributed by atoms with van der Waals surface area (Å²) in [5.74, 6) is 1.83. The molecule has 0 fully saturated rings. The topological polar surface area (TPSA) is 76.1 Å². The Kier molecular flexibility index (Phi) is 5.67. The molecule has 0 radical (unpaired) electrons. The van der Waals surface area contributed by atoms with Gasteiger partial charge in [0.2, 0.25) is 0 Å². The summed E-state index contributed by atoms with van der Waals surface area (Å²) in [6, 6.07) is 31.7. The van der Waals surface area contributed by atoms with Gasteiger partial charge in [-0.05, 0) is 64.1 Å². The molecule has 0 saturated carbocycles. The molecule has 42 heavy (non-hydrogen) atoms. The fourth-order valence-corrected chi connectivity index (χ4v) is 6.22. The Balaban J connectivity index is 1.60. The van der Waals surface area contributed by atoms with Gasteiger partial charge >= 0.3 is 0 Å². The minimum Gasteiger partial charge on any atom is -0.507 e. The van der Waals surface area contributed by atoms with Gasteiger partial charge in [-0.2, -0.15) is 0 Å². The molecule has 1 aliphatic heterocycles. The van der Waals surface area contributed by atoms with E-state index in [0.29, 0.717) is 22.5 Å². The molecule has 0 atom stereocenters. The van der Waals surface area contributed by atoms with Crippen LogP contribution in [0, 0.1) is 0 Å². The lowest BCUT2D eigenvalue weighted by Gasteiger charge is -2.28. The number of aromatic hydroxyl groups is 2. The predicted octanol–water partition coefficient (Wildman–Crippen LogP) is 7.77. The summed E-state index contributed by atoms with van der Waals surface area (Å²) in [4.78, 5) is 10.3. The van der Waals surface area contributed by atoms with Crippen LogP contribution in [0.15, 0.2) is 109 Å². The molecule has 0 aliphatic carbocycles. The number of fused-ring (bicyclic) bond motifs is 10. The first-order valence-electron chi connectivity index (χ1n) is 14.1. The monoisotopic (exact) mass is 552 g/mol. The highest BCUT2D eigenvalue weighted by Gasteiger charge is 2.37. The summed E-state index contributed by atoms with van der Waals surface area (Å²) in [5, 5.41) is 23.8. The fourth-order valence-electron chi connectivity index (χ4n) is 6.22. The van der Waals surface area contributed by atoms with Gasteiger partial charge in [0.05, 0.1) is 22.2 Å². The standard InChI is InChI=1S/C36H32N4O2/c1-35(2)27-19-11-17-25(31(27)41)30-22-40(24-15-9-6-10-16-24)34(38-30)36(3,4)28-20-12-18-26(32(28)42)29-21-39(33(35)37-29)23-13-7-5-8-14-23/h5-22,41-42H,1-4H3. The van der Waals surface area contributed by atoms with Crippen LogP contribution in [0.2, 0.25) is 0 Å². The molecular weight excluding hydrogens is 520 g/mol. The van der Waals surface area contributed by atoms with Crippen LogP contribution in [0.3, 0.4) is 0 Å². The second kappa shape index (κ2) is 9.21. The molecule has 8 bridgehead atoms. The number of rotatable bonds is 2. The molecule has 7 rings (SSSR count). The first kappa shape index (κ1) is 25.8. The number of phenolic OH excluding ortho intramolecular Hbond substituents is 2. The largest absolute Gasteiger partial charge is 0.507 e. The minimum atomic E-state index is -0.713. The van der Waals surface area contributed by atoms with E-state index in [-0.39, 0.29) is 11.5 Å². The number of phenols is 2. The van der Waals surface area contributed by atoms with Gasteiger partial charge in [0.25, 0.3) is 0 Å². The van der Waals surface area contributed by atoms with Crippen molar-refractivity contribution in [2.24, 2.45) is 0 Å². The molecular formula is C36H32N4O2. The van der Waals surface area contributed by atoms with Gasteiger partial charge in [-0.1, -0.05) is 60.7 Å². The van der Waals surface area contributed by atoms with Crippen LogP contribution in [0.1, 0.15) is 50.5 Å². The van der Waals surface area contributed by atoms with E-state index in [4.69, 9.17) is 9.97 Å². The van der Waals surface area contributed by atoms with Gasteiger partial charge in [-0.15, -0.1) is 0 Å². The molecule has 208 valence electrons. The van der Waals surface area contributed by atoms with Crippen molar-refractivity contribution in [3.8, 4) is 45.4 Å². The van der Waals surface area contributed by atoms with Crippen LogP contribution in [-0.2, 0) is 10.8 Å². The number of imidazole rings is 2. The first-order valence-corrected chi connectivity index (χ1v) is 14.1. The van der Waals surface area contributed by atoms with Crippen molar-refractivity contribution in [2.75, 3.05) is 0 Å². The van der Waals surface area contributed by atoms with Gasteiger partial charge in [0, 0.05) is 46.0 Å². The van der Waals surface area contributed by atoms with Gasteiger partial charge in [-0.3, -0.25) is 0 Å². The lowest BCUT2D eigenvalue weighted by molar-refractivity contribution is 0.446. The van der Waals surface area contributed by atoms with Crippen molar-refractivity contribution in [1.29, 1.82) is 0 Å². The third kappa shape index (κ3) is 3.79. The van der Waals surface area contributed by atoms with Crippen molar-refractivity contribution < 1.29 is 10.2 Å². The maximum atomic E-state index is 11.9. The van der Waals surface area contributed by atoms with E-state index in [1.807, 2.05) is 109 Å². The maximum Gasteiger partial charge on any atom is 0.129 e. The normalized spacial score (nSPS) is 14.8. The van der Waals surface area contributed by atoms with E-state index in [1.54, 1.807) is 0 Å². The van der Waals surface area contributed by atoms with Crippen molar-refractivity contribution in [3.63, 3.8) is 0 Å². The van der Waals surface area contributed by atoms with Crippen LogP contribution >= 0.6 is 0 Å². The number of benzene rings is 4. The Morgan fingerprint density at radius 2 is 0.881 bits per heavy atom. The Bertz CT molecular complexity index is 1810. The molecule has 6 nitrogen and oxygen atoms in total. The number of hydrogen-bond donors (Lipinski definition) is 2. The van der Waals surface area contributed by atoms with E-state index in [1.165, 1.54) is 0 Å². The van der Waals surface area contributed by atoms with Crippen LogP contribution in [0.4, 0.5) is 0 Å². The Labute approximate surface area is 245 Å². The molecule has 6 heteroatoms. The van der Waals surface area contributed by atoms with E-state index in [9.17, 15) is 10.2 Å². The second-order valence-corrected chi connectivity index (χ2v) is 12.0. The fraction of sp³-hybridized carbons (Fsp3) is 0.167. The Morgan fingerprint density at radius 1 is 0.500 bits per heavy atom. The molecule has 2 N–H and O–H groups in total. The van der Waals surface area contributed by atoms with Gasteiger partial charge in [-0.25, -0.2) is 9.97 Å². The summed E-state index contributed by atoms with van der Waals surface area (Å²) in [6.07, 6.45) is 3.95. The molecule has 3 heterocycles. The van der Waals surface area contributed by atoms with Crippen molar-refractivity contribution in [1.82, 2.24) is 19.1 Å². The highest BCUT2D eigenvalue weighted by molar-refractivity contribution is 5.74. The van der Waals surface area contributed by atoms with Gasteiger partial charge in [0.1, 0.15) is 23.1 Å². The highest BCUT2D eigenvalue weighted by Crippen LogP contribution is 2.47. The molecule has 2 aromatic heterocycles. The third-order valence-corrected chi connectivity index (χ3v) is 8.57. The summed E-state index contributed by atoms with van der Waals surface area (Å²) in [5.41, 5.74) is 4.51. The number of para-hydroxylation sites is 4. The van der Waals surface area contributed by atoms with Crippen LogP contribution in [0.25, 0.3) is 33.9 Å². The average Bonchev–Trinajstić information content (AvgIpc) is 3.65. The molecule has 4 aromatic carbocycles. The zero-order valence-electron chi connectivity index (χ0n) is 24.1. The molecule has 6 aromatic rings. The second-order valence-electron chi connectivity index (χ2n) is 12.0. The molecule has 0 unspecified atom stereocenters. The van der Waals surface area contributed by atoms with Gasteiger partial charge < -0.3 is 19.3 Å². The van der Waals surface area contributed by atoms with E-state index < -0.39 is 10.8 Å². The molecule has 0 saturated heterocycles. The lowest BCUT2D eigenvalue weighted by atomic mass is 9.81. The van der Waals surface area contributed by atoms with Crippen LogP contribution < -0.4 is 0 Å². The van der Waals surface area contributed by atoms with Crippen molar-refractivity contribution in [3.05, 3.63) is 132 Å². The molecule has 0 spiro atoms. The summed E-state index contributed by atoms with van der Waals surface area (Å²) >= 11 is 0. The first-order chi connectivity index (χ1) is 20.2. The zero-order chi connectivity index (χ0) is 29.2. The minimum absolute atomic E-state index is 0.173. The number of hydrogen-bond acceptors (Lipinski definition) is 4. The predicted molar refractivity (Wildman–Crippen MR) is 166 cm³/mol. The lowest BCUT2D eigenvalue weighted by Crippen LogP contribution is -2.25. The molecule has 0 amide bonds. The van der Waals surface area contributed by atoms with Gasteiger partial charge in [0.15, 0.2) is 0 Å². The van der Waals surface area contributed by atoms with E-state index in [2.05, 4.69) is 36.8 Å². The van der Waals surface area contributed by atoms with E-state index >= 15 is 0 Å². The third-order valence-electron chi connectivity index (χ3n) is 8.57. The highest BCUT2D eigenvalue weighted by atomic mass is 16.3. The smallest absolute Gasteiger partial charge is 0.129 e. The van der Waals surface area contributed by atoms with Crippen LogP contribution in [-0.4, -0.2) is 29.3 Å². The van der Waals surface area contributed by atoms with E-state index in [0.717, 1.165) is 34.2 Å². The SMILES string of the molecule is CC1(C)c2cccc(c2O)-c2cn(-c3ccccc3)c(n2)C(C)(C)c2cccc(c2O)-c2cn(-c3ccccc3)c1n2. The van der Waals surface area contributed by atoms with Crippen molar-refractivity contribution in [2.45, 2.75) is 38.5 Å². The summed E-state index contributed by atoms with van der Waals surface area (Å²) in [6.45, 7) is 8.26. The zero-order valence-corrected chi connectivity index (χ0v) is 24.1.